The summed E-state index contributed by atoms with van der Waals surface area (Å²) in [4.78, 5) is 10.2. The number of rotatable bonds is 2. The number of nitrogens with two attached hydrogens (primary N) is 1. The van der Waals surface area contributed by atoms with Gasteiger partial charge in [-0.25, -0.2) is 0 Å². The van der Waals surface area contributed by atoms with Crippen LogP contribution in [0.3, 0.4) is 0 Å². The van der Waals surface area contributed by atoms with Gasteiger partial charge in [0.1, 0.15) is 0 Å². The molecule has 0 amide bonds. The fourth-order valence-corrected chi connectivity index (χ4v) is 0.225. The highest BCUT2D eigenvalue weighted by Crippen LogP contribution is 1.78. The Morgan fingerprint density at radius 1 is 1.56 bits per heavy atom. The van der Waals surface area contributed by atoms with Gasteiger partial charge in [0, 0.05) is 6.42 Å². The molecule has 0 fully saturated rings. The van der Waals surface area contributed by atoms with Gasteiger partial charge >= 0.3 is 0 Å². The predicted molar refractivity (Wildman–Crippen MR) is 40.0 cm³/mol. The summed E-state index contributed by atoms with van der Waals surface area (Å²) in [5.41, 5.74) is 4.90. The molecule has 9 heavy (non-hydrogen) atoms. The molecule has 0 aliphatic heterocycles. The second-order valence-corrected chi connectivity index (χ2v) is 1.18. The van der Waals surface area contributed by atoms with E-state index in [4.69, 9.17) is 5.73 Å². The highest BCUT2D eigenvalue weighted by Gasteiger charge is 1.84. The van der Waals surface area contributed by atoms with Crippen molar-refractivity contribution >= 4 is 5.78 Å². The first-order chi connectivity index (χ1) is 4.31. The molecule has 0 saturated carbocycles. The Morgan fingerprint density at radius 3 is 2.11 bits per heavy atom. The van der Waals surface area contributed by atoms with Crippen LogP contribution in [-0.4, -0.2) is 5.78 Å². The van der Waals surface area contributed by atoms with E-state index in [-0.39, 0.29) is 5.78 Å². The van der Waals surface area contributed by atoms with Crippen LogP contribution < -0.4 is 5.73 Å². The first-order valence-electron chi connectivity index (χ1n) is 3.22. The minimum atomic E-state index is 0.0718. The monoisotopic (exact) mass is 129 g/mol. The Kier molecular flexibility index (Phi) is 12.6. The van der Waals surface area contributed by atoms with Crippen LogP contribution in [0.5, 0.6) is 0 Å². The normalized spacial score (nSPS) is 8.33. The Bertz CT molecular complexity index is 86.9. The van der Waals surface area contributed by atoms with E-state index in [0.29, 0.717) is 6.42 Å². The van der Waals surface area contributed by atoms with Gasteiger partial charge in [-0.3, -0.25) is 4.79 Å². The highest BCUT2D eigenvalue weighted by molar-refractivity contribution is 5.89. The molecule has 2 nitrogen and oxygen atoms in total. The zero-order valence-corrected chi connectivity index (χ0v) is 6.35. The zero-order valence-electron chi connectivity index (χ0n) is 6.35. The van der Waals surface area contributed by atoms with Gasteiger partial charge in [0.15, 0.2) is 5.78 Å². The minimum Gasteiger partial charge on any atom is -0.404 e. The van der Waals surface area contributed by atoms with Crippen molar-refractivity contribution in [1.82, 2.24) is 0 Å². The molecule has 2 heteroatoms. The van der Waals surface area contributed by atoms with Gasteiger partial charge in [0.05, 0.1) is 0 Å². The summed E-state index contributed by atoms with van der Waals surface area (Å²) in [5, 5.41) is 0. The Labute approximate surface area is 56.7 Å². The highest BCUT2D eigenvalue weighted by atomic mass is 16.1. The lowest BCUT2D eigenvalue weighted by Crippen LogP contribution is -1.89. The number of carbonyl (C=O) groups excluding carboxylic acids is 1. The second kappa shape index (κ2) is 10.2. The van der Waals surface area contributed by atoms with Crippen molar-refractivity contribution in [3.8, 4) is 0 Å². The molecule has 0 radical (unpaired) electrons. The van der Waals surface area contributed by atoms with Crippen molar-refractivity contribution in [2.75, 3.05) is 0 Å². The van der Waals surface area contributed by atoms with Gasteiger partial charge in [-0.1, -0.05) is 20.8 Å². The lowest BCUT2D eigenvalue weighted by Gasteiger charge is -1.78. The van der Waals surface area contributed by atoms with Crippen molar-refractivity contribution in [3.05, 3.63) is 12.3 Å². The fraction of sp³-hybridized carbons (Fsp3) is 0.571. The summed E-state index contributed by atoms with van der Waals surface area (Å²) >= 11 is 0. The maximum atomic E-state index is 10.2. The van der Waals surface area contributed by atoms with E-state index in [0.717, 1.165) is 0 Å². The van der Waals surface area contributed by atoms with E-state index in [1.54, 1.807) is 6.92 Å². The molecule has 0 aromatic rings. The number of ketones is 1. The molecule has 0 aliphatic carbocycles. The van der Waals surface area contributed by atoms with Crippen molar-refractivity contribution in [1.29, 1.82) is 0 Å². The third-order valence-electron chi connectivity index (χ3n) is 0.631. The van der Waals surface area contributed by atoms with Crippen LogP contribution in [0.25, 0.3) is 0 Å². The average Bonchev–Trinajstić information content (AvgIpc) is 1.93. The molecule has 0 bridgehead atoms. The lowest BCUT2D eigenvalue weighted by molar-refractivity contribution is -0.114. The summed E-state index contributed by atoms with van der Waals surface area (Å²) in [6, 6.07) is 0. The van der Waals surface area contributed by atoms with Crippen LogP contribution >= 0.6 is 0 Å². The van der Waals surface area contributed by atoms with Gasteiger partial charge in [-0.05, 0) is 12.3 Å². The summed E-state index contributed by atoms with van der Waals surface area (Å²) < 4.78 is 0. The zero-order chi connectivity index (χ0) is 7.70. The standard InChI is InChI=1S/C5H9NO.C2H6/c1-2-5(7)3-4-6;1-2/h3-4H,2,6H2,1H3;1-2H3/b4-3-;. The number of hydrogen-bond donors (Lipinski definition) is 1. The number of carbonyl (C=O) groups is 1. The Morgan fingerprint density at radius 2 is 2.00 bits per heavy atom. The molecule has 0 heterocycles. The SMILES string of the molecule is CC.CCC(=O)/C=C\N. The fourth-order valence-electron chi connectivity index (χ4n) is 0.225. The molecular weight excluding hydrogens is 114 g/mol. The van der Waals surface area contributed by atoms with E-state index in [1.165, 1.54) is 12.3 Å². The molecule has 0 aromatic heterocycles. The third kappa shape index (κ3) is 11.0. The van der Waals surface area contributed by atoms with E-state index < -0.39 is 0 Å². The van der Waals surface area contributed by atoms with Gasteiger partial charge in [0.25, 0.3) is 0 Å². The molecular formula is C7H15NO. The second-order valence-electron chi connectivity index (χ2n) is 1.18. The van der Waals surface area contributed by atoms with Gasteiger partial charge in [-0.15, -0.1) is 0 Å². The molecule has 0 rings (SSSR count). The maximum Gasteiger partial charge on any atom is 0.156 e. The Balaban J connectivity index is 0. The summed E-state index contributed by atoms with van der Waals surface area (Å²) in [6.45, 7) is 5.79. The van der Waals surface area contributed by atoms with E-state index >= 15 is 0 Å². The third-order valence-corrected chi connectivity index (χ3v) is 0.631. The molecule has 0 saturated heterocycles. The van der Waals surface area contributed by atoms with E-state index in [1.807, 2.05) is 13.8 Å². The summed E-state index contributed by atoms with van der Waals surface area (Å²) in [7, 11) is 0. The lowest BCUT2D eigenvalue weighted by atomic mass is 10.3. The molecule has 0 atom stereocenters. The molecule has 0 aliphatic rings. The smallest absolute Gasteiger partial charge is 0.156 e. The van der Waals surface area contributed by atoms with Crippen LogP contribution in [0.1, 0.15) is 27.2 Å². The van der Waals surface area contributed by atoms with Crippen LogP contribution in [0.15, 0.2) is 12.3 Å². The largest absolute Gasteiger partial charge is 0.404 e. The molecule has 54 valence electrons. The first-order valence-corrected chi connectivity index (χ1v) is 3.22. The van der Waals surface area contributed by atoms with Crippen LogP contribution in [0.4, 0.5) is 0 Å². The van der Waals surface area contributed by atoms with Crippen molar-refractivity contribution in [2.45, 2.75) is 27.2 Å². The minimum absolute atomic E-state index is 0.0718. The van der Waals surface area contributed by atoms with Crippen LogP contribution in [0.2, 0.25) is 0 Å². The predicted octanol–water partition coefficient (Wildman–Crippen LogP) is 1.46. The molecule has 0 aromatic carbocycles. The van der Waals surface area contributed by atoms with Gasteiger partial charge in [-0.2, -0.15) is 0 Å². The van der Waals surface area contributed by atoms with Crippen molar-refractivity contribution in [3.63, 3.8) is 0 Å². The van der Waals surface area contributed by atoms with Crippen LogP contribution in [-0.2, 0) is 4.79 Å². The van der Waals surface area contributed by atoms with E-state index in [9.17, 15) is 4.79 Å². The van der Waals surface area contributed by atoms with Crippen molar-refractivity contribution < 1.29 is 4.79 Å². The summed E-state index contributed by atoms with van der Waals surface area (Å²) in [6.07, 6.45) is 3.15. The summed E-state index contributed by atoms with van der Waals surface area (Å²) in [5.74, 6) is 0.0718. The molecule has 2 N–H and O–H groups in total. The van der Waals surface area contributed by atoms with Gasteiger partial charge < -0.3 is 5.73 Å². The topological polar surface area (TPSA) is 43.1 Å². The number of allylic oxidation sites excluding steroid dienone is 1. The molecule has 0 spiro atoms. The van der Waals surface area contributed by atoms with Crippen molar-refractivity contribution in [2.24, 2.45) is 5.73 Å². The quantitative estimate of drug-likeness (QED) is 0.573. The van der Waals surface area contributed by atoms with Crippen LogP contribution in [0, 0.1) is 0 Å². The van der Waals surface area contributed by atoms with E-state index in [2.05, 4.69) is 0 Å². The molecule has 0 unspecified atom stereocenters. The van der Waals surface area contributed by atoms with Gasteiger partial charge in [0.2, 0.25) is 0 Å². The first kappa shape index (κ1) is 11.1. The number of hydrogen-bond acceptors (Lipinski definition) is 2. The average molecular weight is 129 g/mol. The maximum absolute atomic E-state index is 10.2. The Hall–Kier alpha value is -0.790.